The number of aromatic nitrogens is 6. The maximum atomic E-state index is 5.58. The summed E-state index contributed by atoms with van der Waals surface area (Å²) in [5, 5.41) is 15.8. The molecule has 240 valence electrons. The normalized spacial score (nSPS) is 10.8. The molecule has 0 aromatic carbocycles. The second-order valence-corrected chi connectivity index (χ2v) is 13.4. The van der Waals surface area contributed by atoms with E-state index in [1.54, 1.807) is 4.68 Å². The molecule has 0 unspecified atom stereocenters. The van der Waals surface area contributed by atoms with Crippen LogP contribution in [0.4, 0.5) is 0 Å². The molecule has 2 heterocycles. The molecule has 0 saturated heterocycles. The van der Waals surface area contributed by atoms with Gasteiger partial charge in [-0.2, -0.15) is 53.1 Å². The number of rotatable bonds is 12. The number of hydrogen-bond donors (Lipinski definition) is 0. The summed E-state index contributed by atoms with van der Waals surface area (Å²) in [4.78, 5) is 0. The Labute approximate surface area is 307 Å². The SMILES string of the molecule is C[C-](C)C.C[C-](C)C.[CH2-]CCc1cn(CCOCCC(C)(C)C)nn1.[CH2-]c1cn(CCOCCC(C)(C)C)nn1.[U+2].[U+2]. The molecule has 0 aliphatic heterocycles. The molecule has 2 aromatic heterocycles. The summed E-state index contributed by atoms with van der Waals surface area (Å²) in [6.07, 6.45) is 7.69. The average molecular weight is 1040 g/mol. The van der Waals surface area contributed by atoms with Gasteiger partial charge >= 0.3 is 62.2 Å². The summed E-state index contributed by atoms with van der Waals surface area (Å²) in [6.45, 7) is 37.8. The van der Waals surface area contributed by atoms with Gasteiger partial charge in [0.05, 0.1) is 25.5 Å². The van der Waals surface area contributed by atoms with Crippen molar-refractivity contribution >= 4 is 0 Å². The van der Waals surface area contributed by atoms with Crippen molar-refractivity contribution in [3.8, 4) is 0 Å². The summed E-state index contributed by atoms with van der Waals surface area (Å²) in [7, 11) is 0. The fourth-order valence-electron chi connectivity index (χ4n) is 2.47. The minimum Gasteiger partial charge on any atom is -0.380 e. The van der Waals surface area contributed by atoms with Gasteiger partial charge in [0.15, 0.2) is 0 Å². The average Bonchev–Trinajstić information content (AvgIpc) is 3.40. The first-order valence-corrected chi connectivity index (χ1v) is 14.5. The molecule has 0 radical (unpaired) electrons. The Morgan fingerprint density at radius 1 is 0.690 bits per heavy atom. The minimum absolute atomic E-state index is 0. The van der Waals surface area contributed by atoms with Crippen molar-refractivity contribution in [1.82, 2.24) is 30.0 Å². The van der Waals surface area contributed by atoms with Gasteiger partial charge in [0.25, 0.3) is 0 Å². The van der Waals surface area contributed by atoms with Crippen molar-refractivity contribution in [2.45, 2.75) is 122 Å². The molecular weight excluding hydrogens is 976 g/mol. The first kappa shape index (κ1) is 49.1. The number of aryl methyl sites for hydroxylation is 1. The summed E-state index contributed by atoms with van der Waals surface area (Å²) in [6, 6.07) is 0. The topological polar surface area (TPSA) is 79.9 Å². The van der Waals surface area contributed by atoms with Crippen molar-refractivity contribution in [2.24, 2.45) is 10.8 Å². The van der Waals surface area contributed by atoms with E-state index < -0.39 is 0 Å². The molecule has 0 amide bonds. The third kappa shape index (κ3) is 40.2. The van der Waals surface area contributed by atoms with Crippen LogP contribution in [0, 0.1) is 98.7 Å². The second-order valence-electron chi connectivity index (χ2n) is 13.4. The summed E-state index contributed by atoms with van der Waals surface area (Å²) >= 11 is 0. The van der Waals surface area contributed by atoms with E-state index in [0.717, 1.165) is 57.7 Å². The maximum absolute atomic E-state index is 5.58. The number of nitrogens with zero attached hydrogens (tertiary/aromatic N) is 6. The van der Waals surface area contributed by atoms with Crippen molar-refractivity contribution in [1.29, 1.82) is 0 Å². The maximum Gasteiger partial charge on any atom is 2.00 e. The van der Waals surface area contributed by atoms with Gasteiger partial charge in [-0.1, -0.05) is 63.9 Å². The Bertz CT molecular complexity index is 816. The number of hydrogen-bond acceptors (Lipinski definition) is 6. The van der Waals surface area contributed by atoms with Crippen LogP contribution in [-0.2, 0) is 29.0 Å². The van der Waals surface area contributed by atoms with Gasteiger partial charge in [0.2, 0.25) is 0 Å². The van der Waals surface area contributed by atoms with Crippen LogP contribution in [0.5, 0.6) is 0 Å². The van der Waals surface area contributed by atoms with E-state index in [9.17, 15) is 0 Å². The molecule has 0 spiro atoms. The first-order valence-electron chi connectivity index (χ1n) is 14.5. The Hall–Kier alpha value is 0.174. The van der Waals surface area contributed by atoms with Gasteiger partial charge in [-0.05, 0) is 30.1 Å². The van der Waals surface area contributed by atoms with E-state index in [4.69, 9.17) is 9.47 Å². The zero-order valence-electron chi connectivity index (χ0n) is 29.1. The van der Waals surface area contributed by atoms with Gasteiger partial charge in [-0.15, -0.1) is 5.10 Å². The van der Waals surface area contributed by atoms with Crippen LogP contribution in [0.15, 0.2) is 12.4 Å². The molecule has 0 bridgehead atoms. The first-order chi connectivity index (χ1) is 18.4. The Balaban J connectivity index is -0.000000265. The monoisotopic (exact) mass is 1040 g/mol. The molecular formula is C32H62N6O2U2. The third-order valence-electron chi connectivity index (χ3n) is 4.53. The van der Waals surface area contributed by atoms with E-state index in [-0.39, 0.29) is 62.2 Å². The fraction of sp³-hybridized carbons (Fsp3) is 0.750. The molecule has 10 heteroatoms. The van der Waals surface area contributed by atoms with Gasteiger partial charge in [0, 0.05) is 26.0 Å². The van der Waals surface area contributed by atoms with Crippen LogP contribution in [0.25, 0.3) is 0 Å². The fourth-order valence-corrected chi connectivity index (χ4v) is 2.47. The zero-order chi connectivity index (χ0) is 31.2. The standard InChI is InChI=1S/C13H24N3O.C11H20N3O.2C4H9.2U/c1-5-6-12-11-16(15-14-12)8-10-17-9-7-13(2,3)4;1-10-9-14(13-12-10)6-8-15-7-5-11(2,3)4;2*1-4(2)3;;/h11H,1,5-10H2,2-4H3;9H,1,5-8H2,2-4H3;2*1-3H3;;/q4*-1;2*+2. The van der Waals surface area contributed by atoms with Gasteiger partial charge < -0.3 is 32.9 Å². The molecule has 42 heavy (non-hydrogen) atoms. The molecule has 8 nitrogen and oxygen atoms in total. The quantitative estimate of drug-likeness (QED) is 0.161. The van der Waals surface area contributed by atoms with Crippen LogP contribution in [0.1, 0.15) is 114 Å². The van der Waals surface area contributed by atoms with Crippen molar-refractivity contribution in [2.75, 3.05) is 26.4 Å². The zero-order valence-corrected chi connectivity index (χ0v) is 37.5. The minimum atomic E-state index is 0. The van der Waals surface area contributed by atoms with E-state index >= 15 is 0 Å². The summed E-state index contributed by atoms with van der Waals surface area (Å²) in [5.41, 5.74) is 2.39. The van der Waals surface area contributed by atoms with Crippen LogP contribution in [0.3, 0.4) is 0 Å². The predicted octanol–water partition coefficient (Wildman–Crippen LogP) is 7.65. The Kier molecular flexibility index (Phi) is 33.4. The van der Waals surface area contributed by atoms with E-state index in [2.05, 4.69) is 118 Å². The largest absolute Gasteiger partial charge is 2.00 e. The summed E-state index contributed by atoms with van der Waals surface area (Å²) < 4.78 is 14.7. The van der Waals surface area contributed by atoms with Crippen LogP contribution in [-0.4, -0.2) is 56.4 Å². The van der Waals surface area contributed by atoms with Crippen molar-refractivity contribution in [3.63, 3.8) is 0 Å². The smallest absolute Gasteiger partial charge is 0.380 e. The van der Waals surface area contributed by atoms with E-state index in [1.807, 2.05) is 17.1 Å². The molecule has 2 aromatic rings. The molecule has 0 atom stereocenters. The summed E-state index contributed by atoms with van der Waals surface area (Å²) in [5.74, 6) is 2.83. The Morgan fingerprint density at radius 2 is 1.07 bits per heavy atom. The molecule has 0 aliphatic rings. The van der Waals surface area contributed by atoms with Crippen LogP contribution in [0.2, 0.25) is 0 Å². The van der Waals surface area contributed by atoms with Gasteiger partial charge in [0.1, 0.15) is 0 Å². The third-order valence-corrected chi connectivity index (χ3v) is 4.53. The van der Waals surface area contributed by atoms with Crippen molar-refractivity contribution < 1.29 is 71.7 Å². The molecule has 0 fully saturated rings. The van der Waals surface area contributed by atoms with Crippen LogP contribution >= 0.6 is 0 Å². The van der Waals surface area contributed by atoms with E-state index in [0.29, 0.717) is 29.7 Å². The van der Waals surface area contributed by atoms with Gasteiger partial charge in [-0.25, -0.2) is 11.6 Å². The molecule has 0 aliphatic carbocycles. The number of ether oxygens (including phenoxy) is 2. The van der Waals surface area contributed by atoms with E-state index in [1.165, 1.54) is 11.8 Å². The molecule has 2 rings (SSSR count). The molecule has 0 N–H and O–H groups in total. The molecule has 0 saturated carbocycles. The Morgan fingerprint density at radius 3 is 1.40 bits per heavy atom. The van der Waals surface area contributed by atoms with Crippen molar-refractivity contribution in [3.05, 3.63) is 49.5 Å². The second kappa shape index (κ2) is 28.6. The van der Waals surface area contributed by atoms with Crippen LogP contribution < -0.4 is 0 Å². The van der Waals surface area contributed by atoms with Gasteiger partial charge in [-0.3, -0.25) is 0 Å². The predicted molar refractivity (Wildman–Crippen MR) is 168 cm³/mol.